The second-order valence-electron chi connectivity index (χ2n) is 5.73. The van der Waals surface area contributed by atoms with Crippen LogP contribution in [0.4, 0.5) is 5.69 Å². The highest BCUT2D eigenvalue weighted by Gasteiger charge is 2.30. The van der Waals surface area contributed by atoms with Crippen LogP contribution in [0.25, 0.3) is 0 Å². The first-order chi connectivity index (χ1) is 9.86. The third-order valence-electron chi connectivity index (χ3n) is 3.95. The van der Waals surface area contributed by atoms with Crippen molar-refractivity contribution >= 4 is 15.7 Å². The number of hydrogen-bond donors (Lipinski definition) is 1. The molecule has 0 aliphatic carbocycles. The van der Waals surface area contributed by atoms with E-state index in [0.717, 1.165) is 37.2 Å². The van der Waals surface area contributed by atoms with Crippen molar-refractivity contribution in [2.24, 2.45) is 0 Å². The van der Waals surface area contributed by atoms with Gasteiger partial charge in [0.15, 0.2) is 0 Å². The lowest BCUT2D eigenvalue weighted by molar-refractivity contribution is 0.188. The number of nitrogen functional groups attached to an aromatic ring is 1. The van der Waals surface area contributed by atoms with Gasteiger partial charge in [-0.15, -0.1) is 0 Å². The molecule has 0 bridgehead atoms. The lowest BCUT2D eigenvalue weighted by atomic mass is 10.1. The van der Waals surface area contributed by atoms with Crippen LogP contribution in [0.2, 0.25) is 0 Å². The van der Waals surface area contributed by atoms with Crippen LogP contribution in [0.1, 0.15) is 24.5 Å². The molecule has 0 radical (unpaired) electrons. The Labute approximate surface area is 127 Å². The Hall–Kier alpha value is -1.11. The smallest absolute Gasteiger partial charge is 0.243 e. The molecule has 1 aromatic rings. The highest BCUT2D eigenvalue weighted by atomic mass is 32.2. The Balaban J connectivity index is 2.24. The van der Waals surface area contributed by atoms with Crippen molar-refractivity contribution in [1.29, 1.82) is 0 Å². The van der Waals surface area contributed by atoms with Crippen LogP contribution in [0.15, 0.2) is 17.0 Å². The number of anilines is 1. The Morgan fingerprint density at radius 3 is 2.10 bits per heavy atom. The third kappa shape index (κ3) is 3.39. The molecule has 1 aliphatic heterocycles. The monoisotopic (exact) mass is 311 g/mol. The molecule has 2 N–H and O–H groups in total. The predicted octanol–water partition coefficient (Wildman–Crippen LogP) is 1.60. The van der Waals surface area contributed by atoms with Crippen molar-refractivity contribution in [1.82, 2.24) is 9.21 Å². The van der Waals surface area contributed by atoms with E-state index in [1.165, 1.54) is 0 Å². The Bertz CT molecular complexity index is 582. The summed E-state index contributed by atoms with van der Waals surface area (Å²) < 4.78 is 27.3. The van der Waals surface area contributed by atoms with Gasteiger partial charge in [0, 0.05) is 31.9 Å². The lowest BCUT2D eigenvalue weighted by Crippen LogP contribution is -2.48. The zero-order valence-corrected chi connectivity index (χ0v) is 13.9. The highest BCUT2D eigenvalue weighted by Crippen LogP contribution is 2.26. The van der Waals surface area contributed by atoms with Crippen LogP contribution < -0.4 is 5.73 Å². The maximum absolute atomic E-state index is 12.9. The molecular weight excluding hydrogens is 286 g/mol. The molecule has 118 valence electrons. The van der Waals surface area contributed by atoms with E-state index in [0.29, 0.717) is 23.7 Å². The minimum atomic E-state index is -3.43. The second-order valence-corrected chi connectivity index (χ2v) is 7.60. The van der Waals surface area contributed by atoms with Crippen LogP contribution in [-0.2, 0) is 10.0 Å². The van der Waals surface area contributed by atoms with Crippen LogP contribution >= 0.6 is 0 Å². The van der Waals surface area contributed by atoms with E-state index in [9.17, 15) is 8.42 Å². The Morgan fingerprint density at radius 2 is 1.62 bits per heavy atom. The molecule has 2 rings (SSSR count). The molecule has 1 saturated heterocycles. The SMILES string of the molecule is CCCN1CCN(S(=O)(=O)c2c(C)cc(N)cc2C)CC1. The van der Waals surface area contributed by atoms with Gasteiger partial charge in [0.05, 0.1) is 4.90 Å². The summed E-state index contributed by atoms with van der Waals surface area (Å²) in [5, 5.41) is 0. The third-order valence-corrected chi connectivity index (χ3v) is 6.16. The van der Waals surface area contributed by atoms with Gasteiger partial charge in [-0.25, -0.2) is 8.42 Å². The van der Waals surface area contributed by atoms with Gasteiger partial charge in [0.2, 0.25) is 10.0 Å². The summed E-state index contributed by atoms with van der Waals surface area (Å²) in [6, 6.07) is 3.46. The maximum Gasteiger partial charge on any atom is 0.243 e. The van der Waals surface area contributed by atoms with Crippen molar-refractivity contribution in [3.63, 3.8) is 0 Å². The molecule has 0 aromatic heterocycles. The lowest BCUT2D eigenvalue weighted by Gasteiger charge is -2.34. The van der Waals surface area contributed by atoms with Crippen molar-refractivity contribution in [2.75, 3.05) is 38.5 Å². The molecule has 0 amide bonds. The van der Waals surface area contributed by atoms with Gasteiger partial charge in [-0.1, -0.05) is 6.92 Å². The standard InChI is InChI=1S/C15H25N3O2S/c1-4-5-17-6-8-18(9-7-17)21(19,20)15-12(2)10-14(16)11-13(15)3/h10-11H,4-9,16H2,1-3H3. The molecule has 0 atom stereocenters. The number of aryl methyl sites for hydroxylation is 2. The number of hydrogen-bond acceptors (Lipinski definition) is 4. The van der Waals surface area contributed by atoms with E-state index in [1.807, 2.05) is 13.8 Å². The Morgan fingerprint density at radius 1 is 1.10 bits per heavy atom. The first kappa shape index (κ1) is 16.3. The summed E-state index contributed by atoms with van der Waals surface area (Å²) in [5.41, 5.74) is 7.85. The number of rotatable bonds is 4. The summed E-state index contributed by atoms with van der Waals surface area (Å²) in [5.74, 6) is 0. The fourth-order valence-electron chi connectivity index (χ4n) is 3.03. The van der Waals surface area contributed by atoms with Gasteiger partial charge in [-0.2, -0.15) is 4.31 Å². The van der Waals surface area contributed by atoms with Crippen molar-refractivity contribution < 1.29 is 8.42 Å². The number of piperazine rings is 1. The molecule has 1 aromatic carbocycles. The molecule has 1 fully saturated rings. The topological polar surface area (TPSA) is 66.6 Å². The van der Waals surface area contributed by atoms with Gasteiger partial charge in [-0.05, 0) is 50.1 Å². The molecule has 6 heteroatoms. The molecule has 0 unspecified atom stereocenters. The van der Waals surface area contributed by atoms with Crippen LogP contribution in [0.5, 0.6) is 0 Å². The van der Waals surface area contributed by atoms with Crippen molar-refractivity contribution in [2.45, 2.75) is 32.1 Å². The average Bonchev–Trinajstić information content (AvgIpc) is 2.38. The van der Waals surface area contributed by atoms with E-state index in [1.54, 1.807) is 16.4 Å². The van der Waals surface area contributed by atoms with Gasteiger partial charge in [0.25, 0.3) is 0 Å². The zero-order valence-electron chi connectivity index (χ0n) is 13.1. The van der Waals surface area contributed by atoms with E-state index in [4.69, 9.17) is 5.73 Å². The summed E-state index contributed by atoms with van der Waals surface area (Å²) in [6.07, 6.45) is 1.10. The fraction of sp³-hybridized carbons (Fsp3) is 0.600. The molecule has 1 heterocycles. The van der Waals surface area contributed by atoms with Crippen LogP contribution in [0, 0.1) is 13.8 Å². The van der Waals surface area contributed by atoms with E-state index in [2.05, 4.69) is 11.8 Å². The molecule has 21 heavy (non-hydrogen) atoms. The second kappa shape index (κ2) is 6.34. The van der Waals surface area contributed by atoms with E-state index >= 15 is 0 Å². The summed E-state index contributed by atoms with van der Waals surface area (Å²) in [6.45, 7) is 9.53. The highest BCUT2D eigenvalue weighted by molar-refractivity contribution is 7.89. The minimum Gasteiger partial charge on any atom is -0.399 e. The molecule has 1 aliphatic rings. The number of nitrogens with zero attached hydrogens (tertiary/aromatic N) is 2. The first-order valence-corrected chi connectivity index (χ1v) is 8.89. The average molecular weight is 311 g/mol. The summed E-state index contributed by atoms with van der Waals surface area (Å²) in [7, 11) is -3.43. The minimum absolute atomic E-state index is 0.417. The summed E-state index contributed by atoms with van der Waals surface area (Å²) >= 11 is 0. The van der Waals surface area contributed by atoms with Crippen LogP contribution in [0.3, 0.4) is 0 Å². The van der Waals surface area contributed by atoms with Gasteiger partial charge in [0.1, 0.15) is 0 Å². The van der Waals surface area contributed by atoms with Crippen molar-refractivity contribution in [3.8, 4) is 0 Å². The molecular formula is C15H25N3O2S. The molecule has 0 spiro atoms. The van der Waals surface area contributed by atoms with E-state index < -0.39 is 10.0 Å². The quantitative estimate of drug-likeness (QED) is 0.858. The van der Waals surface area contributed by atoms with Crippen molar-refractivity contribution in [3.05, 3.63) is 23.3 Å². The number of sulfonamides is 1. The predicted molar refractivity (Wildman–Crippen MR) is 85.8 cm³/mol. The number of benzene rings is 1. The normalized spacial score (nSPS) is 18.0. The van der Waals surface area contributed by atoms with Gasteiger partial charge >= 0.3 is 0 Å². The first-order valence-electron chi connectivity index (χ1n) is 7.45. The zero-order chi connectivity index (χ0) is 15.6. The number of nitrogens with two attached hydrogens (primary N) is 1. The van der Waals surface area contributed by atoms with E-state index in [-0.39, 0.29) is 0 Å². The van der Waals surface area contributed by atoms with Crippen LogP contribution in [-0.4, -0.2) is 50.3 Å². The van der Waals surface area contributed by atoms with Gasteiger partial charge < -0.3 is 10.6 Å². The van der Waals surface area contributed by atoms with Gasteiger partial charge in [-0.3, -0.25) is 0 Å². The summed E-state index contributed by atoms with van der Waals surface area (Å²) in [4.78, 5) is 2.73. The maximum atomic E-state index is 12.9. The Kier molecular flexibility index (Phi) is 4.91. The largest absolute Gasteiger partial charge is 0.399 e. The molecule has 5 nitrogen and oxygen atoms in total. The molecule has 0 saturated carbocycles. The fourth-order valence-corrected chi connectivity index (χ4v) is 4.86.